The van der Waals surface area contributed by atoms with Crippen molar-refractivity contribution in [1.29, 1.82) is 0 Å². The Labute approximate surface area is 223 Å². The number of amides is 1. The van der Waals surface area contributed by atoms with Gasteiger partial charge in [0.1, 0.15) is 0 Å². The average molecular weight is 551 g/mol. The number of hydrogen-bond acceptors (Lipinski definition) is 6. The van der Waals surface area contributed by atoms with E-state index in [1.54, 1.807) is 12.1 Å². The summed E-state index contributed by atoms with van der Waals surface area (Å²) in [4.78, 5) is 23.1. The zero-order chi connectivity index (χ0) is 25.9. The van der Waals surface area contributed by atoms with E-state index in [2.05, 4.69) is 19.5 Å². The molecule has 194 valence electrons. The molecule has 0 spiro atoms. The van der Waals surface area contributed by atoms with Gasteiger partial charge in [0, 0.05) is 50.0 Å². The summed E-state index contributed by atoms with van der Waals surface area (Å²) in [6.45, 7) is 5.13. The number of rotatable bonds is 5. The van der Waals surface area contributed by atoms with Crippen molar-refractivity contribution in [2.75, 3.05) is 42.5 Å². The predicted octanol–water partition coefficient (Wildman–Crippen LogP) is 2.63. The molecular formula is C24H31ClN6O3S2. The van der Waals surface area contributed by atoms with E-state index in [1.165, 1.54) is 17.7 Å². The Balaban J connectivity index is 0.00000380. The van der Waals surface area contributed by atoms with Crippen LogP contribution in [0.4, 0.5) is 11.4 Å². The van der Waals surface area contributed by atoms with Crippen LogP contribution in [-0.4, -0.2) is 69.4 Å². The Kier molecular flexibility index (Phi) is 8.01. The molecule has 9 nitrogen and oxygen atoms in total. The number of piperazine rings is 1. The number of anilines is 2. The Morgan fingerprint density at radius 1 is 1.25 bits per heavy atom. The topological polar surface area (TPSA) is 111 Å². The highest BCUT2D eigenvalue weighted by Crippen LogP contribution is 2.30. The zero-order valence-electron chi connectivity index (χ0n) is 19.9. The summed E-state index contributed by atoms with van der Waals surface area (Å²) in [5, 5.41) is 0.491. The van der Waals surface area contributed by atoms with Gasteiger partial charge in [-0.25, -0.2) is 13.4 Å². The molecule has 0 unspecified atom stereocenters. The highest BCUT2D eigenvalue weighted by Gasteiger charge is 2.30. The molecule has 0 bridgehead atoms. The lowest BCUT2D eigenvalue weighted by Gasteiger charge is -2.42. The fraction of sp³-hybridized carbons (Fsp3) is 0.375. The Bertz CT molecular complexity index is 1280. The number of nitrogens with two attached hydrogens (primary N) is 1. The number of aliphatic imine (C=N–C) groups is 1. The first kappa shape index (κ1) is 26.2. The van der Waals surface area contributed by atoms with Crippen LogP contribution in [0.5, 0.6) is 0 Å². The number of nitrogens with one attached hydrogen (secondary N) is 1. The molecule has 2 aromatic rings. The van der Waals surface area contributed by atoms with Crippen LogP contribution in [0.15, 0.2) is 52.4 Å². The summed E-state index contributed by atoms with van der Waals surface area (Å²) in [5.74, 6) is 0.105. The molecular weight excluding hydrogens is 520 g/mol. The fourth-order valence-electron chi connectivity index (χ4n) is 4.73. The van der Waals surface area contributed by atoms with E-state index in [-0.39, 0.29) is 23.4 Å². The zero-order valence-corrected chi connectivity index (χ0v) is 22.3. The minimum absolute atomic E-state index is 0. The van der Waals surface area contributed by atoms with Crippen LogP contribution in [0.3, 0.4) is 0 Å². The van der Waals surface area contributed by atoms with Crippen molar-refractivity contribution in [3.8, 4) is 0 Å². The number of halogens is 1. The van der Waals surface area contributed by atoms with Gasteiger partial charge >= 0.3 is 0 Å². The lowest BCUT2D eigenvalue weighted by atomic mass is 10.0. The standard InChI is InChI=1S/C24H29ClN6O3S2.H2/c1-17-14-29(20-5-7-21(8-6-20)36(33,34)28-24(35)27-16-26)11-12-31(17)23(32)15-30-10-2-3-18-13-19(25)4-9-22(18)30;/h4-9,13,16-17H,2-3,10-12,14-15H2,1H3,(H3,26,27,28,35);1H/t17-;/m0./s1. The second-order valence-electron chi connectivity index (χ2n) is 8.86. The maximum atomic E-state index is 13.2. The van der Waals surface area contributed by atoms with Crippen molar-refractivity contribution < 1.29 is 14.6 Å². The molecule has 0 saturated carbocycles. The first-order chi connectivity index (χ1) is 17.2. The van der Waals surface area contributed by atoms with Crippen LogP contribution < -0.4 is 20.3 Å². The normalized spacial score (nSPS) is 18.3. The van der Waals surface area contributed by atoms with E-state index < -0.39 is 10.0 Å². The van der Waals surface area contributed by atoms with Crippen LogP contribution in [0, 0.1) is 0 Å². The molecule has 3 N–H and O–H groups in total. The lowest BCUT2D eigenvalue weighted by molar-refractivity contribution is -0.132. The third kappa shape index (κ3) is 5.91. The second kappa shape index (κ2) is 11.0. The Hall–Kier alpha value is -2.89. The van der Waals surface area contributed by atoms with E-state index in [4.69, 9.17) is 29.6 Å². The van der Waals surface area contributed by atoms with E-state index >= 15 is 0 Å². The number of aryl methyl sites for hydroxylation is 1. The molecule has 1 saturated heterocycles. The number of carbonyl (C=O) groups excluding carboxylic acids is 1. The van der Waals surface area contributed by atoms with Crippen molar-refractivity contribution in [2.24, 2.45) is 10.7 Å². The van der Waals surface area contributed by atoms with E-state index in [0.29, 0.717) is 26.2 Å². The quantitative estimate of drug-likeness (QED) is 0.334. The largest absolute Gasteiger partial charge is 0.390 e. The SMILES string of the molecule is C[C@H]1CN(c2ccc(S(=O)(=O)NC(=S)N=CN)cc2)CCN1C(=O)CN1CCCc2cc(Cl)ccc21.[HH]. The van der Waals surface area contributed by atoms with Gasteiger partial charge in [0.2, 0.25) is 11.0 Å². The summed E-state index contributed by atoms with van der Waals surface area (Å²) >= 11 is 11.0. The van der Waals surface area contributed by atoms with E-state index in [9.17, 15) is 13.2 Å². The van der Waals surface area contributed by atoms with Crippen molar-refractivity contribution >= 4 is 62.6 Å². The predicted molar refractivity (Wildman–Crippen MR) is 150 cm³/mol. The van der Waals surface area contributed by atoms with Crippen LogP contribution in [0.1, 0.15) is 20.3 Å². The maximum absolute atomic E-state index is 13.2. The van der Waals surface area contributed by atoms with Gasteiger partial charge in [-0.2, -0.15) is 0 Å². The van der Waals surface area contributed by atoms with Crippen molar-refractivity contribution in [2.45, 2.75) is 30.7 Å². The molecule has 1 amide bonds. The molecule has 1 atom stereocenters. The molecule has 0 aliphatic carbocycles. The summed E-state index contributed by atoms with van der Waals surface area (Å²) in [6, 6.07) is 12.4. The molecule has 1 fully saturated rings. The monoisotopic (exact) mass is 550 g/mol. The number of fused-ring (bicyclic) bond motifs is 1. The van der Waals surface area contributed by atoms with Crippen molar-refractivity contribution in [3.63, 3.8) is 0 Å². The van der Waals surface area contributed by atoms with Crippen LogP contribution in [-0.2, 0) is 21.2 Å². The van der Waals surface area contributed by atoms with Gasteiger partial charge in [-0.3, -0.25) is 9.52 Å². The van der Waals surface area contributed by atoms with Crippen LogP contribution in [0.25, 0.3) is 0 Å². The third-order valence-corrected chi connectivity index (χ3v) is 8.38. The molecule has 2 heterocycles. The van der Waals surface area contributed by atoms with Gasteiger partial charge in [-0.05, 0) is 80.0 Å². The van der Waals surface area contributed by atoms with E-state index in [1.807, 2.05) is 30.0 Å². The Morgan fingerprint density at radius 2 is 2.00 bits per heavy atom. The van der Waals surface area contributed by atoms with Crippen molar-refractivity contribution in [1.82, 2.24) is 9.62 Å². The number of hydrogen-bond donors (Lipinski definition) is 2. The van der Waals surface area contributed by atoms with Gasteiger partial charge in [0.05, 0.1) is 17.8 Å². The van der Waals surface area contributed by atoms with Crippen molar-refractivity contribution in [3.05, 3.63) is 53.1 Å². The molecule has 0 radical (unpaired) electrons. The van der Waals surface area contributed by atoms with Crippen LogP contribution >= 0.6 is 23.8 Å². The van der Waals surface area contributed by atoms with Gasteiger partial charge in [-0.15, -0.1) is 0 Å². The smallest absolute Gasteiger partial charge is 0.263 e. The summed E-state index contributed by atoms with van der Waals surface area (Å²) in [7, 11) is -3.84. The lowest BCUT2D eigenvalue weighted by Crippen LogP contribution is -2.56. The molecule has 12 heteroatoms. The highest BCUT2D eigenvalue weighted by molar-refractivity contribution is 7.91. The molecule has 4 rings (SSSR count). The molecule has 36 heavy (non-hydrogen) atoms. The first-order valence-electron chi connectivity index (χ1n) is 11.7. The summed E-state index contributed by atoms with van der Waals surface area (Å²) < 4.78 is 27.1. The van der Waals surface area contributed by atoms with Gasteiger partial charge in [-0.1, -0.05) is 11.6 Å². The number of benzene rings is 2. The molecule has 0 aromatic heterocycles. The van der Waals surface area contributed by atoms with Gasteiger partial charge < -0.3 is 20.4 Å². The highest BCUT2D eigenvalue weighted by atomic mass is 35.5. The van der Waals surface area contributed by atoms with Gasteiger partial charge in [0.15, 0.2) is 0 Å². The maximum Gasteiger partial charge on any atom is 0.263 e. The number of nitrogens with zero attached hydrogens (tertiary/aromatic N) is 4. The minimum Gasteiger partial charge on any atom is -0.390 e. The average Bonchev–Trinajstić information content (AvgIpc) is 2.83. The fourth-order valence-corrected chi connectivity index (χ4v) is 6.21. The number of sulfonamides is 1. The summed E-state index contributed by atoms with van der Waals surface area (Å²) in [5.41, 5.74) is 8.31. The first-order valence-corrected chi connectivity index (χ1v) is 13.9. The van der Waals surface area contributed by atoms with Gasteiger partial charge in [0.25, 0.3) is 10.0 Å². The minimum atomic E-state index is -3.84. The van der Waals surface area contributed by atoms with E-state index in [0.717, 1.165) is 42.1 Å². The molecule has 2 aromatic carbocycles. The third-order valence-electron chi connectivity index (χ3n) is 6.46. The Morgan fingerprint density at radius 3 is 2.69 bits per heavy atom. The second-order valence-corrected chi connectivity index (χ2v) is 11.4. The summed E-state index contributed by atoms with van der Waals surface area (Å²) in [6.07, 6.45) is 2.90. The number of carbonyl (C=O) groups is 1. The van der Waals surface area contributed by atoms with Crippen LogP contribution in [0.2, 0.25) is 5.02 Å². The molecule has 2 aliphatic heterocycles. The number of thiocarbonyl (C=S) groups is 1. The molecule has 2 aliphatic rings.